The first kappa shape index (κ1) is 16.7. The molecule has 1 aromatic heterocycles. The largest absolute Gasteiger partial charge is 0.491 e. The molecule has 0 spiro atoms. The van der Waals surface area contributed by atoms with Crippen LogP contribution in [0.15, 0.2) is 42.5 Å². The van der Waals surface area contributed by atoms with Crippen molar-refractivity contribution in [2.75, 3.05) is 11.9 Å². The Kier molecular flexibility index (Phi) is 4.97. The number of anilines is 1. The van der Waals surface area contributed by atoms with E-state index in [4.69, 9.17) is 27.9 Å². The molecule has 0 atom stereocenters. The van der Waals surface area contributed by atoms with E-state index in [-0.39, 0.29) is 5.91 Å². The van der Waals surface area contributed by atoms with Gasteiger partial charge in [-0.2, -0.15) is 0 Å². The van der Waals surface area contributed by atoms with Crippen LogP contribution in [0.4, 0.5) is 5.69 Å². The molecule has 0 unspecified atom stereocenters. The maximum Gasteiger partial charge on any atom is 0.273 e. The zero-order valence-corrected chi connectivity index (χ0v) is 14.5. The van der Waals surface area contributed by atoms with Gasteiger partial charge in [0.1, 0.15) is 11.4 Å². The van der Waals surface area contributed by atoms with Crippen LogP contribution in [0.2, 0.25) is 10.0 Å². The van der Waals surface area contributed by atoms with E-state index in [1.807, 2.05) is 25.1 Å². The van der Waals surface area contributed by atoms with Gasteiger partial charge < -0.3 is 15.0 Å². The Labute approximate surface area is 149 Å². The fourth-order valence-corrected chi connectivity index (χ4v) is 2.84. The third-order valence-electron chi connectivity index (χ3n) is 3.52. The van der Waals surface area contributed by atoms with E-state index >= 15 is 0 Å². The highest BCUT2D eigenvalue weighted by Gasteiger charge is 2.18. The van der Waals surface area contributed by atoms with E-state index in [0.29, 0.717) is 39.2 Å². The summed E-state index contributed by atoms with van der Waals surface area (Å²) in [6.45, 7) is 2.61. The van der Waals surface area contributed by atoms with Crippen LogP contribution in [-0.4, -0.2) is 17.5 Å². The summed E-state index contributed by atoms with van der Waals surface area (Å²) in [4.78, 5) is 15.6. The molecule has 0 bridgehead atoms. The molecule has 0 aliphatic rings. The molecular formula is C18H16Cl2N2O2. The molecule has 1 heterocycles. The van der Waals surface area contributed by atoms with Gasteiger partial charge in [0.25, 0.3) is 5.91 Å². The molecule has 1 amide bonds. The molecule has 0 fully saturated rings. The van der Waals surface area contributed by atoms with Crippen molar-refractivity contribution in [3.05, 3.63) is 58.2 Å². The monoisotopic (exact) mass is 362 g/mol. The molecule has 4 nitrogen and oxygen atoms in total. The van der Waals surface area contributed by atoms with E-state index in [9.17, 15) is 4.79 Å². The predicted octanol–water partition coefficient (Wildman–Crippen LogP) is 5.52. The van der Waals surface area contributed by atoms with E-state index in [0.717, 1.165) is 11.9 Å². The molecule has 3 aromatic rings. The average Bonchev–Trinajstić information content (AvgIpc) is 2.91. The maximum absolute atomic E-state index is 12.6. The Morgan fingerprint density at radius 3 is 2.79 bits per heavy atom. The van der Waals surface area contributed by atoms with Crippen LogP contribution < -0.4 is 10.1 Å². The molecule has 0 radical (unpaired) electrons. The minimum atomic E-state index is -0.333. The molecule has 6 heteroatoms. The molecule has 24 heavy (non-hydrogen) atoms. The fraction of sp³-hybridized carbons (Fsp3) is 0.167. The van der Waals surface area contributed by atoms with Crippen molar-refractivity contribution in [1.29, 1.82) is 0 Å². The van der Waals surface area contributed by atoms with Crippen molar-refractivity contribution in [3.8, 4) is 5.75 Å². The summed E-state index contributed by atoms with van der Waals surface area (Å²) in [5.74, 6) is 0.294. The SMILES string of the molecule is CCCOc1ccccc1NC(=O)c1[nH]c2ccc(Cl)cc2c1Cl. The van der Waals surface area contributed by atoms with Gasteiger partial charge in [-0.05, 0) is 36.8 Å². The normalized spacial score (nSPS) is 10.8. The topological polar surface area (TPSA) is 54.1 Å². The summed E-state index contributed by atoms with van der Waals surface area (Å²) >= 11 is 12.3. The summed E-state index contributed by atoms with van der Waals surface area (Å²) in [6, 6.07) is 12.6. The number of hydrogen-bond donors (Lipinski definition) is 2. The first-order valence-corrected chi connectivity index (χ1v) is 8.35. The number of H-pyrrole nitrogens is 1. The summed E-state index contributed by atoms with van der Waals surface area (Å²) in [6.07, 6.45) is 0.886. The van der Waals surface area contributed by atoms with Gasteiger partial charge in [-0.15, -0.1) is 0 Å². The van der Waals surface area contributed by atoms with Crippen LogP contribution in [0.5, 0.6) is 5.75 Å². The average molecular weight is 363 g/mol. The number of amides is 1. The molecule has 0 saturated carbocycles. The number of halogens is 2. The maximum atomic E-state index is 12.6. The number of ether oxygens (including phenoxy) is 1. The smallest absolute Gasteiger partial charge is 0.273 e. The number of para-hydroxylation sites is 2. The third kappa shape index (κ3) is 3.35. The number of carbonyl (C=O) groups is 1. The van der Waals surface area contributed by atoms with Gasteiger partial charge in [0, 0.05) is 15.9 Å². The Morgan fingerprint density at radius 1 is 1.21 bits per heavy atom. The zero-order chi connectivity index (χ0) is 17.1. The molecule has 0 aliphatic carbocycles. The molecule has 2 aromatic carbocycles. The van der Waals surface area contributed by atoms with Crippen molar-refractivity contribution in [3.63, 3.8) is 0 Å². The lowest BCUT2D eigenvalue weighted by atomic mass is 10.2. The van der Waals surface area contributed by atoms with Crippen molar-refractivity contribution in [1.82, 2.24) is 4.98 Å². The minimum absolute atomic E-state index is 0.291. The molecular weight excluding hydrogens is 347 g/mol. The minimum Gasteiger partial charge on any atom is -0.491 e. The highest BCUT2D eigenvalue weighted by atomic mass is 35.5. The quantitative estimate of drug-likeness (QED) is 0.627. The van der Waals surface area contributed by atoms with Crippen LogP contribution in [0.1, 0.15) is 23.8 Å². The van der Waals surface area contributed by atoms with Crippen molar-refractivity contribution < 1.29 is 9.53 Å². The van der Waals surface area contributed by atoms with Crippen molar-refractivity contribution in [2.45, 2.75) is 13.3 Å². The summed E-state index contributed by atoms with van der Waals surface area (Å²) < 4.78 is 5.65. The van der Waals surface area contributed by atoms with Crippen LogP contribution in [-0.2, 0) is 0 Å². The highest BCUT2D eigenvalue weighted by molar-refractivity contribution is 6.40. The van der Waals surface area contributed by atoms with Crippen molar-refractivity contribution >= 4 is 45.7 Å². The van der Waals surface area contributed by atoms with Gasteiger partial charge in [0.2, 0.25) is 0 Å². The van der Waals surface area contributed by atoms with Gasteiger partial charge in [0.05, 0.1) is 17.3 Å². The summed E-state index contributed by atoms with van der Waals surface area (Å²) in [5.41, 5.74) is 1.65. The lowest BCUT2D eigenvalue weighted by molar-refractivity contribution is 0.102. The number of hydrogen-bond acceptors (Lipinski definition) is 2. The van der Waals surface area contributed by atoms with E-state index in [2.05, 4.69) is 10.3 Å². The van der Waals surface area contributed by atoms with E-state index in [1.165, 1.54) is 0 Å². The summed E-state index contributed by atoms with van der Waals surface area (Å²) in [7, 11) is 0. The molecule has 2 N–H and O–H groups in total. The van der Waals surface area contributed by atoms with Gasteiger partial charge >= 0.3 is 0 Å². The Morgan fingerprint density at radius 2 is 2.00 bits per heavy atom. The van der Waals surface area contributed by atoms with E-state index in [1.54, 1.807) is 24.3 Å². The molecule has 3 rings (SSSR count). The second kappa shape index (κ2) is 7.16. The predicted molar refractivity (Wildman–Crippen MR) is 98.5 cm³/mol. The van der Waals surface area contributed by atoms with Crippen molar-refractivity contribution in [2.24, 2.45) is 0 Å². The Hall–Kier alpha value is -2.17. The Balaban J connectivity index is 1.89. The highest BCUT2D eigenvalue weighted by Crippen LogP contribution is 2.31. The van der Waals surface area contributed by atoms with Gasteiger partial charge in [-0.1, -0.05) is 42.3 Å². The number of benzene rings is 2. The van der Waals surface area contributed by atoms with E-state index < -0.39 is 0 Å². The zero-order valence-electron chi connectivity index (χ0n) is 13.0. The number of nitrogens with one attached hydrogen (secondary N) is 2. The van der Waals surface area contributed by atoms with Crippen LogP contribution in [0.25, 0.3) is 10.9 Å². The Bertz CT molecular complexity index is 890. The number of aromatic amines is 1. The third-order valence-corrected chi connectivity index (χ3v) is 4.15. The second-order valence-electron chi connectivity index (χ2n) is 5.30. The molecule has 124 valence electrons. The number of fused-ring (bicyclic) bond motifs is 1. The molecule has 0 saturated heterocycles. The van der Waals surface area contributed by atoms with Crippen LogP contribution in [0.3, 0.4) is 0 Å². The number of rotatable bonds is 5. The number of aromatic nitrogens is 1. The molecule has 0 aliphatic heterocycles. The first-order valence-electron chi connectivity index (χ1n) is 7.60. The second-order valence-corrected chi connectivity index (χ2v) is 6.12. The van der Waals surface area contributed by atoms with Gasteiger partial charge in [-0.25, -0.2) is 0 Å². The lowest BCUT2D eigenvalue weighted by Crippen LogP contribution is -2.14. The summed E-state index contributed by atoms with van der Waals surface area (Å²) in [5, 5.41) is 4.46. The van der Waals surface area contributed by atoms with Crippen LogP contribution >= 0.6 is 23.2 Å². The first-order chi connectivity index (χ1) is 11.6. The van der Waals surface area contributed by atoms with Gasteiger partial charge in [-0.3, -0.25) is 4.79 Å². The fourth-order valence-electron chi connectivity index (χ4n) is 2.38. The number of carbonyl (C=O) groups excluding carboxylic acids is 1. The standard InChI is InChI=1S/C18H16Cl2N2O2/c1-2-9-24-15-6-4-3-5-14(15)22-18(23)17-16(20)12-10-11(19)7-8-13(12)21-17/h3-8,10,21H,2,9H2,1H3,(H,22,23). The van der Waals surface area contributed by atoms with Crippen LogP contribution in [0, 0.1) is 0 Å². The van der Waals surface area contributed by atoms with Gasteiger partial charge in [0.15, 0.2) is 0 Å². The lowest BCUT2D eigenvalue weighted by Gasteiger charge is -2.11.